The molecule has 1 aliphatic rings. The first-order valence-corrected chi connectivity index (χ1v) is 12.5. The number of halogens is 3. The molecule has 1 N–H and O–H groups in total. The lowest BCUT2D eigenvalue weighted by Gasteiger charge is -2.28. The molecule has 0 radical (unpaired) electrons. The smallest absolute Gasteiger partial charge is 0.416 e. The molecule has 1 aliphatic heterocycles. The molecule has 0 saturated carbocycles. The van der Waals surface area contributed by atoms with Gasteiger partial charge in [0.2, 0.25) is 0 Å². The van der Waals surface area contributed by atoms with E-state index in [2.05, 4.69) is 9.71 Å². The van der Waals surface area contributed by atoms with Crippen LogP contribution in [0.5, 0.6) is 11.5 Å². The first-order valence-electron chi connectivity index (χ1n) is 10.1. The van der Waals surface area contributed by atoms with Crippen molar-refractivity contribution in [1.82, 2.24) is 4.98 Å². The van der Waals surface area contributed by atoms with Crippen LogP contribution >= 0.6 is 11.3 Å². The van der Waals surface area contributed by atoms with E-state index in [0.717, 1.165) is 23.5 Å². The summed E-state index contributed by atoms with van der Waals surface area (Å²) >= 11 is 1.16. The zero-order chi connectivity index (χ0) is 23.8. The molecule has 0 saturated heterocycles. The van der Waals surface area contributed by atoms with Gasteiger partial charge in [0.1, 0.15) is 17.6 Å². The summed E-state index contributed by atoms with van der Waals surface area (Å²) in [6.07, 6.45) is -2.98. The van der Waals surface area contributed by atoms with Gasteiger partial charge in [-0.1, -0.05) is 19.9 Å². The molecular formula is C22H21F3N2O4S2. The largest absolute Gasteiger partial charge is 0.493 e. The number of aromatic nitrogens is 1. The van der Waals surface area contributed by atoms with Crippen molar-refractivity contribution in [2.75, 3.05) is 11.3 Å². The molecule has 2 aromatic carbocycles. The van der Waals surface area contributed by atoms with Gasteiger partial charge in [0, 0.05) is 29.6 Å². The van der Waals surface area contributed by atoms with E-state index in [1.807, 2.05) is 0 Å². The summed E-state index contributed by atoms with van der Waals surface area (Å²) in [5, 5.41) is 1.90. The van der Waals surface area contributed by atoms with Crippen molar-refractivity contribution in [2.45, 2.75) is 43.4 Å². The van der Waals surface area contributed by atoms with E-state index in [9.17, 15) is 21.6 Å². The number of hydrogen-bond donors (Lipinski definition) is 1. The Bertz CT molecular complexity index is 1240. The highest BCUT2D eigenvalue weighted by molar-refractivity contribution is 7.93. The van der Waals surface area contributed by atoms with Gasteiger partial charge in [-0.2, -0.15) is 13.2 Å². The number of nitrogens with one attached hydrogen (secondary N) is 1. The van der Waals surface area contributed by atoms with Crippen LogP contribution in [0.1, 0.15) is 49.0 Å². The maximum Gasteiger partial charge on any atom is 0.416 e. The fraction of sp³-hybridized carbons (Fsp3) is 0.318. The van der Waals surface area contributed by atoms with Crippen LogP contribution in [-0.2, 0) is 16.2 Å². The van der Waals surface area contributed by atoms with Crippen molar-refractivity contribution < 1.29 is 31.1 Å². The molecular weight excluding hydrogens is 477 g/mol. The number of benzene rings is 2. The Morgan fingerprint density at radius 3 is 2.67 bits per heavy atom. The first kappa shape index (κ1) is 23.4. The van der Waals surface area contributed by atoms with Gasteiger partial charge in [-0.25, -0.2) is 13.4 Å². The highest BCUT2D eigenvalue weighted by atomic mass is 32.2. The van der Waals surface area contributed by atoms with E-state index < -0.39 is 27.9 Å². The van der Waals surface area contributed by atoms with Crippen LogP contribution < -0.4 is 14.2 Å². The van der Waals surface area contributed by atoms with Crippen molar-refractivity contribution in [3.63, 3.8) is 0 Å². The van der Waals surface area contributed by atoms with E-state index in [1.165, 1.54) is 24.4 Å². The zero-order valence-electron chi connectivity index (χ0n) is 17.7. The molecule has 0 aliphatic carbocycles. The van der Waals surface area contributed by atoms with Gasteiger partial charge < -0.3 is 9.47 Å². The summed E-state index contributed by atoms with van der Waals surface area (Å²) in [7, 11) is -3.86. The van der Waals surface area contributed by atoms with Crippen LogP contribution in [0.15, 0.2) is 52.9 Å². The Balaban J connectivity index is 1.62. The maximum atomic E-state index is 13.2. The normalized spacial score (nSPS) is 16.2. The number of hydrogen-bond acceptors (Lipinski definition) is 6. The second-order valence-electron chi connectivity index (χ2n) is 7.79. The Hall–Kier alpha value is -2.79. The molecule has 3 aromatic rings. The second-order valence-corrected chi connectivity index (χ2v) is 10.4. The monoisotopic (exact) mass is 498 g/mol. The van der Waals surface area contributed by atoms with E-state index in [-0.39, 0.29) is 22.6 Å². The molecule has 1 aromatic heterocycles. The predicted octanol–water partition coefficient (Wildman–Crippen LogP) is 5.99. The third-order valence-electron chi connectivity index (χ3n) is 5.16. The van der Waals surface area contributed by atoms with Gasteiger partial charge in [0.05, 0.1) is 17.1 Å². The molecule has 33 heavy (non-hydrogen) atoms. The molecule has 0 amide bonds. The predicted molar refractivity (Wildman–Crippen MR) is 118 cm³/mol. The molecule has 1 atom stereocenters. The lowest BCUT2D eigenvalue weighted by atomic mass is 9.98. The van der Waals surface area contributed by atoms with Crippen LogP contribution in [0, 0.1) is 0 Å². The van der Waals surface area contributed by atoms with E-state index >= 15 is 0 Å². The minimum absolute atomic E-state index is 0.00880. The van der Waals surface area contributed by atoms with Crippen LogP contribution in [0.25, 0.3) is 0 Å². The van der Waals surface area contributed by atoms with E-state index in [0.29, 0.717) is 29.0 Å². The van der Waals surface area contributed by atoms with Crippen molar-refractivity contribution in [3.8, 4) is 11.5 Å². The van der Waals surface area contributed by atoms with Gasteiger partial charge in [-0.3, -0.25) is 4.72 Å². The Morgan fingerprint density at radius 2 is 2.00 bits per heavy atom. The number of sulfonamides is 1. The Labute approximate surface area is 193 Å². The molecule has 11 heteroatoms. The molecule has 4 rings (SSSR count). The quantitative estimate of drug-likeness (QED) is 0.452. The maximum absolute atomic E-state index is 13.2. The average Bonchev–Trinajstić information content (AvgIpc) is 3.25. The van der Waals surface area contributed by atoms with Gasteiger partial charge in [-0.05, 0) is 35.7 Å². The molecule has 2 heterocycles. The first-order chi connectivity index (χ1) is 15.5. The van der Waals surface area contributed by atoms with Crippen molar-refractivity contribution in [2.24, 2.45) is 0 Å². The summed E-state index contributed by atoms with van der Waals surface area (Å²) < 4.78 is 79.0. The number of ether oxygens (including phenoxy) is 2. The second kappa shape index (κ2) is 8.86. The van der Waals surface area contributed by atoms with Crippen LogP contribution in [0.3, 0.4) is 0 Å². The summed E-state index contributed by atoms with van der Waals surface area (Å²) in [5.74, 6) is 0.523. The lowest BCUT2D eigenvalue weighted by molar-refractivity contribution is -0.137. The van der Waals surface area contributed by atoms with Crippen LogP contribution in [0.2, 0.25) is 0 Å². The molecule has 0 unspecified atom stereocenters. The van der Waals surface area contributed by atoms with Gasteiger partial charge in [0.15, 0.2) is 5.13 Å². The number of thiazole rings is 1. The number of fused-ring (bicyclic) bond motifs is 1. The van der Waals surface area contributed by atoms with Gasteiger partial charge in [-0.15, -0.1) is 11.3 Å². The topological polar surface area (TPSA) is 77.5 Å². The Morgan fingerprint density at radius 1 is 1.21 bits per heavy atom. The van der Waals surface area contributed by atoms with Crippen molar-refractivity contribution >= 4 is 26.5 Å². The minimum atomic E-state index is -4.44. The number of alkyl halides is 3. The van der Waals surface area contributed by atoms with Crippen LogP contribution in [-0.4, -0.2) is 20.0 Å². The highest BCUT2D eigenvalue weighted by Gasteiger charge is 2.32. The standard InChI is InChI=1S/C22H21F3N2O4S2/c1-13(2)17-11-14(22(23,24)25)3-6-18(17)31-19-7-9-30-20-12-15(4-5-16(19)20)33(28,29)27-21-26-8-10-32-21/h3-6,8,10-13,19H,7,9H2,1-2H3,(H,26,27)/t19-/m1/s1. The molecule has 0 fully saturated rings. The summed E-state index contributed by atoms with van der Waals surface area (Å²) in [4.78, 5) is 3.93. The summed E-state index contributed by atoms with van der Waals surface area (Å²) in [6.45, 7) is 3.87. The summed E-state index contributed by atoms with van der Waals surface area (Å²) in [6, 6.07) is 7.91. The third kappa shape index (κ3) is 5.09. The third-order valence-corrected chi connectivity index (χ3v) is 7.32. The Kier molecular flexibility index (Phi) is 6.28. The molecule has 176 valence electrons. The van der Waals surface area contributed by atoms with E-state index in [4.69, 9.17) is 9.47 Å². The highest BCUT2D eigenvalue weighted by Crippen LogP contribution is 2.41. The lowest BCUT2D eigenvalue weighted by Crippen LogP contribution is -2.20. The van der Waals surface area contributed by atoms with Crippen molar-refractivity contribution in [3.05, 3.63) is 64.7 Å². The van der Waals surface area contributed by atoms with Crippen molar-refractivity contribution in [1.29, 1.82) is 0 Å². The SMILES string of the molecule is CC(C)c1cc(C(F)(F)F)ccc1O[C@@H]1CCOc2cc(S(=O)(=O)Nc3nccs3)ccc21. The number of rotatable bonds is 6. The fourth-order valence-corrected chi connectivity index (χ4v) is 5.31. The van der Waals surface area contributed by atoms with Crippen LogP contribution in [0.4, 0.5) is 18.3 Å². The minimum Gasteiger partial charge on any atom is -0.493 e. The van der Waals surface area contributed by atoms with Gasteiger partial charge in [0.25, 0.3) is 10.0 Å². The zero-order valence-corrected chi connectivity index (χ0v) is 19.4. The number of nitrogens with zero attached hydrogens (tertiary/aromatic N) is 1. The summed E-state index contributed by atoms with van der Waals surface area (Å²) in [5.41, 5.74) is 0.349. The number of anilines is 1. The molecule has 0 spiro atoms. The fourth-order valence-electron chi connectivity index (χ4n) is 3.51. The average molecular weight is 499 g/mol. The van der Waals surface area contributed by atoms with Gasteiger partial charge >= 0.3 is 6.18 Å². The van der Waals surface area contributed by atoms with E-state index in [1.54, 1.807) is 25.3 Å². The molecule has 6 nitrogen and oxygen atoms in total. The molecule has 0 bridgehead atoms.